The molecule has 1 aliphatic rings. The first-order chi connectivity index (χ1) is 10.1. The van der Waals surface area contributed by atoms with E-state index in [0.717, 1.165) is 24.9 Å². The van der Waals surface area contributed by atoms with Crippen molar-refractivity contribution in [2.45, 2.75) is 38.8 Å². The number of ether oxygens (including phenoxy) is 1. The van der Waals surface area contributed by atoms with Crippen LogP contribution >= 0.6 is 0 Å². The number of hydrogen-bond donors (Lipinski definition) is 1. The molecule has 0 bridgehead atoms. The Labute approximate surface area is 125 Å². The van der Waals surface area contributed by atoms with Gasteiger partial charge < -0.3 is 15.0 Å². The van der Waals surface area contributed by atoms with Crippen LogP contribution in [0.1, 0.15) is 31.7 Å². The summed E-state index contributed by atoms with van der Waals surface area (Å²) < 4.78 is 18.6. The summed E-state index contributed by atoms with van der Waals surface area (Å²) in [6, 6.07) is 5.12. The van der Waals surface area contributed by atoms with Crippen molar-refractivity contribution < 1.29 is 13.9 Å². The SMILES string of the molecule is CCN(Cc1ccc(OC)c(F)c1)C(=O)CC1CCCN1. The van der Waals surface area contributed by atoms with Gasteiger partial charge in [-0.25, -0.2) is 4.39 Å². The normalized spacial score (nSPS) is 17.8. The first-order valence-electron chi connectivity index (χ1n) is 7.47. The largest absolute Gasteiger partial charge is 0.494 e. The smallest absolute Gasteiger partial charge is 0.224 e. The van der Waals surface area contributed by atoms with Gasteiger partial charge in [0.25, 0.3) is 0 Å². The summed E-state index contributed by atoms with van der Waals surface area (Å²) in [6.45, 7) is 4.00. The van der Waals surface area contributed by atoms with Gasteiger partial charge >= 0.3 is 0 Å². The quantitative estimate of drug-likeness (QED) is 0.875. The van der Waals surface area contributed by atoms with Crippen LogP contribution in [0.25, 0.3) is 0 Å². The second-order valence-corrected chi connectivity index (χ2v) is 5.37. The van der Waals surface area contributed by atoms with Crippen LogP contribution in [-0.2, 0) is 11.3 Å². The minimum absolute atomic E-state index is 0.119. The highest BCUT2D eigenvalue weighted by molar-refractivity contribution is 5.76. The molecule has 1 aromatic carbocycles. The molecule has 1 atom stereocenters. The van der Waals surface area contributed by atoms with Gasteiger partial charge in [0, 0.05) is 25.6 Å². The number of hydrogen-bond acceptors (Lipinski definition) is 3. The van der Waals surface area contributed by atoms with Crippen LogP contribution in [0.4, 0.5) is 4.39 Å². The molecule has 0 spiro atoms. The number of methoxy groups -OCH3 is 1. The highest BCUT2D eigenvalue weighted by Gasteiger charge is 2.21. The van der Waals surface area contributed by atoms with Crippen LogP contribution < -0.4 is 10.1 Å². The van der Waals surface area contributed by atoms with Crippen molar-refractivity contribution in [3.63, 3.8) is 0 Å². The standard InChI is InChI=1S/C16H23FN2O2/c1-3-19(16(20)10-13-5-4-8-18-13)11-12-6-7-15(21-2)14(17)9-12/h6-7,9,13,18H,3-5,8,10-11H2,1-2H3. The van der Waals surface area contributed by atoms with Crippen LogP contribution in [0.15, 0.2) is 18.2 Å². The average Bonchev–Trinajstić information content (AvgIpc) is 2.97. The summed E-state index contributed by atoms with van der Waals surface area (Å²) in [7, 11) is 1.44. The third-order valence-electron chi connectivity index (χ3n) is 3.91. The van der Waals surface area contributed by atoms with E-state index < -0.39 is 5.82 Å². The Morgan fingerprint density at radius 2 is 2.33 bits per heavy atom. The number of benzene rings is 1. The lowest BCUT2D eigenvalue weighted by Gasteiger charge is -2.23. The number of amides is 1. The van der Waals surface area contributed by atoms with Crippen molar-refractivity contribution in [2.24, 2.45) is 0 Å². The van der Waals surface area contributed by atoms with Crippen molar-refractivity contribution in [2.75, 3.05) is 20.2 Å². The molecule has 4 nitrogen and oxygen atoms in total. The Morgan fingerprint density at radius 1 is 1.52 bits per heavy atom. The van der Waals surface area contributed by atoms with Crippen LogP contribution in [0.2, 0.25) is 0 Å². The first-order valence-corrected chi connectivity index (χ1v) is 7.47. The molecule has 1 fully saturated rings. The third-order valence-corrected chi connectivity index (χ3v) is 3.91. The zero-order valence-corrected chi connectivity index (χ0v) is 12.7. The minimum atomic E-state index is -0.393. The molecule has 1 heterocycles. The van der Waals surface area contributed by atoms with E-state index >= 15 is 0 Å². The maximum Gasteiger partial charge on any atom is 0.224 e. The molecular formula is C16H23FN2O2. The molecule has 1 unspecified atom stereocenters. The molecule has 1 aromatic rings. The lowest BCUT2D eigenvalue weighted by molar-refractivity contribution is -0.132. The van der Waals surface area contributed by atoms with Crippen LogP contribution in [0, 0.1) is 5.82 Å². The predicted octanol–water partition coefficient (Wildman–Crippen LogP) is 2.32. The monoisotopic (exact) mass is 294 g/mol. The highest BCUT2D eigenvalue weighted by Crippen LogP contribution is 2.19. The predicted molar refractivity (Wildman–Crippen MR) is 79.7 cm³/mol. The molecule has 5 heteroatoms. The summed E-state index contributed by atoms with van der Waals surface area (Å²) >= 11 is 0. The number of nitrogens with zero attached hydrogens (tertiary/aromatic N) is 1. The van der Waals surface area contributed by atoms with Crippen LogP contribution in [0.3, 0.4) is 0 Å². The van der Waals surface area contributed by atoms with Gasteiger partial charge in [-0.05, 0) is 44.0 Å². The van der Waals surface area contributed by atoms with Gasteiger partial charge in [0.15, 0.2) is 11.6 Å². The topological polar surface area (TPSA) is 41.6 Å². The highest BCUT2D eigenvalue weighted by atomic mass is 19.1. The van der Waals surface area contributed by atoms with E-state index in [2.05, 4.69) is 5.32 Å². The molecule has 0 radical (unpaired) electrons. The fourth-order valence-electron chi connectivity index (χ4n) is 2.68. The number of carbonyl (C=O) groups is 1. The Balaban J connectivity index is 1.97. The van der Waals surface area contributed by atoms with E-state index in [1.807, 2.05) is 6.92 Å². The first kappa shape index (κ1) is 15.8. The average molecular weight is 294 g/mol. The van der Waals surface area contributed by atoms with Gasteiger partial charge in [-0.2, -0.15) is 0 Å². The molecule has 116 valence electrons. The summed E-state index contributed by atoms with van der Waals surface area (Å²) in [6.07, 6.45) is 2.71. The number of halogens is 1. The van der Waals surface area contributed by atoms with Gasteiger partial charge in [0.1, 0.15) is 0 Å². The molecule has 1 N–H and O–H groups in total. The Bertz CT molecular complexity index is 487. The molecule has 0 aliphatic carbocycles. The third kappa shape index (κ3) is 4.17. The lowest BCUT2D eigenvalue weighted by atomic mass is 10.1. The van der Waals surface area contributed by atoms with E-state index in [1.165, 1.54) is 13.2 Å². The van der Waals surface area contributed by atoms with Crippen molar-refractivity contribution in [1.82, 2.24) is 10.2 Å². The van der Waals surface area contributed by atoms with Crippen molar-refractivity contribution >= 4 is 5.91 Å². The maximum atomic E-state index is 13.7. The minimum Gasteiger partial charge on any atom is -0.494 e. The van der Waals surface area contributed by atoms with Crippen molar-refractivity contribution in [3.05, 3.63) is 29.6 Å². The van der Waals surface area contributed by atoms with E-state index in [-0.39, 0.29) is 11.7 Å². The molecule has 0 saturated carbocycles. The van der Waals surface area contributed by atoms with E-state index in [0.29, 0.717) is 25.6 Å². The summed E-state index contributed by atoms with van der Waals surface area (Å²) in [4.78, 5) is 14.1. The van der Waals surface area contributed by atoms with E-state index in [1.54, 1.807) is 17.0 Å². The lowest BCUT2D eigenvalue weighted by Crippen LogP contribution is -2.35. The summed E-state index contributed by atoms with van der Waals surface area (Å²) in [5.41, 5.74) is 0.780. The van der Waals surface area contributed by atoms with Gasteiger partial charge in [0.2, 0.25) is 5.91 Å². The molecule has 0 aromatic heterocycles. The van der Waals surface area contributed by atoms with Crippen molar-refractivity contribution in [1.29, 1.82) is 0 Å². The maximum absolute atomic E-state index is 13.7. The van der Waals surface area contributed by atoms with E-state index in [4.69, 9.17) is 4.74 Å². The Hall–Kier alpha value is -1.62. The Morgan fingerprint density at radius 3 is 2.90 bits per heavy atom. The Kier molecular flexibility index (Phi) is 5.56. The zero-order chi connectivity index (χ0) is 15.2. The van der Waals surface area contributed by atoms with Gasteiger partial charge in [-0.1, -0.05) is 6.07 Å². The summed E-state index contributed by atoms with van der Waals surface area (Å²) in [5, 5.41) is 3.33. The van der Waals surface area contributed by atoms with E-state index in [9.17, 15) is 9.18 Å². The van der Waals surface area contributed by atoms with Crippen molar-refractivity contribution in [3.8, 4) is 5.75 Å². The second-order valence-electron chi connectivity index (χ2n) is 5.37. The molecule has 1 aliphatic heterocycles. The molecule has 2 rings (SSSR count). The number of rotatable bonds is 6. The number of carbonyl (C=O) groups excluding carboxylic acids is 1. The molecular weight excluding hydrogens is 271 g/mol. The fourth-order valence-corrected chi connectivity index (χ4v) is 2.68. The molecule has 1 amide bonds. The van der Waals surface area contributed by atoms with Gasteiger partial charge in [-0.15, -0.1) is 0 Å². The van der Waals surface area contributed by atoms with Gasteiger partial charge in [-0.3, -0.25) is 4.79 Å². The van der Waals surface area contributed by atoms with Crippen LogP contribution in [-0.4, -0.2) is 37.0 Å². The number of nitrogens with one attached hydrogen (secondary N) is 1. The molecule has 1 saturated heterocycles. The molecule has 21 heavy (non-hydrogen) atoms. The summed E-state index contributed by atoms with van der Waals surface area (Å²) in [5.74, 6) is -0.0487. The van der Waals surface area contributed by atoms with Crippen LogP contribution in [0.5, 0.6) is 5.75 Å². The van der Waals surface area contributed by atoms with Gasteiger partial charge in [0.05, 0.1) is 7.11 Å². The fraction of sp³-hybridized carbons (Fsp3) is 0.562. The second kappa shape index (κ2) is 7.41. The zero-order valence-electron chi connectivity index (χ0n) is 12.7.